The number of urea groups is 1. The van der Waals surface area contributed by atoms with Gasteiger partial charge in [0.05, 0.1) is 23.8 Å². The summed E-state index contributed by atoms with van der Waals surface area (Å²) in [5.74, 6) is 1.94. The summed E-state index contributed by atoms with van der Waals surface area (Å²) in [7, 11) is 0. The second-order valence-corrected chi connectivity index (χ2v) is 14.8. The quantitative estimate of drug-likeness (QED) is 0.0636. The maximum atomic E-state index is 11.8. The summed E-state index contributed by atoms with van der Waals surface area (Å²) < 4.78 is 3.48. The van der Waals surface area contributed by atoms with Crippen LogP contribution in [-0.4, -0.2) is 47.7 Å². The Hall–Kier alpha value is -5.76. The molecule has 0 bridgehead atoms. The molecule has 0 aliphatic carbocycles. The van der Waals surface area contributed by atoms with Gasteiger partial charge < -0.3 is 27.0 Å². The Labute approximate surface area is 358 Å². The third kappa shape index (κ3) is 10.0. The minimum absolute atomic E-state index is 0.301. The van der Waals surface area contributed by atoms with E-state index in [1.807, 2.05) is 91.0 Å². The largest absolute Gasteiger partial charge is 0.399 e. The van der Waals surface area contributed by atoms with Gasteiger partial charge >= 0.3 is 6.03 Å². The maximum absolute atomic E-state index is 11.8. The molecule has 2 amide bonds. The molecule has 0 saturated heterocycles. The molecule has 17 heteroatoms. The summed E-state index contributed by atoms with van der Waals surface area (Å²) in [6.07, 6.45) is 3.41. The second kappa shape index (κ2) is 18.7. The molecule has 8 aromatic rings. The third-order valence-electron chi connectivity index (χ3n) is 8.69. The van der Waals surface area contributed by atoms with Crippen LogP contribution in [0.5, 0.6) is 0 Å². The lowest BCUT2D eigenvalue weighted by molar-refractivity contribution is 0.252. The Morgan fingerprint density at radius 2 is 1.10 bits per heavy atom. The molecule has 0 fully saturated rings. The van der Waals surface area contributed by atoms with Crippen LogP contribution in [0.3, 0.4) is 0 Å². The van der Waals surface area contributed by atoms with E-state index in [4.69, 9.17) is 63.7 Å². The first-order valence-electron chi connectivity index (χ1n) is 17.8. The van der Waals surface area contributed by atoms with Crippen molar-refractivity contribution >= 4 is 98.3 Å². The molecule has 4 aromatic carbocycles. The molecule has 0 radical (unpaired) electrons. The molecular formula is C41H34Cl5N11O. The summed E-state index contributed by atoms with van der Waals surface area (Å²) in [6.45, 7) is 1.43. The van der Waals surface area contributed by atoms with Crippen molar-refractivity contribution < 1.29 is 4.79 Å². The van der Waals surface area contributed by atoms with Gasteiger partial charge in [-0.3, -0.25) is 0 Å². The number of carbonyl (C=O) groups excluding carboxylic acids is 1. The van der Waals surface area contributed by atoms with E-state index in [2.05, 4.69) is 41.4 Å². The molecule has 0 aliphatic rings. The number of hydrogen-bond acceptors (Lipinski definition) is 8. The minimum Gasteiger partial charge on any atom is -0.399 e. The molecule has 4 heterocycles. The van der Waals surface area contributed by atoms with Gasteiger partial charge in [0, 0.05) is 92.4 Å². The van der Waals surface area contributed by atoms with Gasteiger partial charge in [-0.05, 0) is 59.7 Å². The number of alkyl halides is 1. The van der Waals surface area contributed by atoms with Crippen LogP contribution in [-0.2, 0) is 13.1 Å². The predicted octanol–water partition coefficient (Wildman–Crippen LogP) is 10.6. The zero-order valence-electron chi connectivity index (χ0n) is 30.4. The third-order valence-corrected chi connectivity index (χ3v) is 10.1. The summed E-state index contributed by atoms with van der Waals surface area (Å²) in [5.41, 5.74) is 14.0. The van der Waals surface area contributed by atoms with Gasteiger partial charge in [0.1, 0.15) is 11.6 Å². The average molecular weight is 874 g/mol. The van der Waals surface area contributed by atoms with Crippen molar-refractivity contribution in [2.24, 2.45) is 0 Å². The first-order valence-corrected chi connectivity index (χ1v) is 19.8. The molecule has 8 rings (SSSR count). The highest BCUT2D eigenvalue weighted by molar-refractivity contribution is 6.35. The Kier molecular flexibility index (Phi) is 13.0. The predicted molar refractivity (Wildman–Crippen MR) is 237 cm³/mol. The standard InChI is InChI=1S/C22H19Cl3N6O.C19H15Cl2N5/c23-8-10-26-22(32)29-17-5-2-14(3-6-17)19-12-21(31-20(30-19)7-9-28-31)27-13-15-1-4-16(24)11-18(15)25;20-14-4-1-13(16(21)9-14)11-23-19-10-17(12-2-5-15(22)6-3-12)25-18-7-8-24-26(18)19/h1-7,9,11-12,27H,8,10,13H2,(H2,26,29,32);1-10,23H,11,22H2. The Balaban J connectivity index is 0.000000180. The smallest absolute Gasteiger partial charge is 0.319 e. The lowest BCUT2D eigenvalue weighted by Gasteiger charge is -2.12. The Morgan fingerprint density at radius 1 is 0.621 bits per heavy atom. The number of aromatic nitrogens is 6. The normalized spacial score (nSPS) is 10.9. The van der Waals surface area contributed by atoms with Crippen LogP contribution >= 0.6 is 58.0 Å². The molecule has 6 N–H and O–H groups in total. The molecule has 0 unspecified atom stereocenters. The molecule has 4 aromatic heterocycles. The number of carbonyl (C=O) groups is 1. The van der Waals surface area contributed by atoms with E-state index in [9.17, 15) is 4.79 Å². The summed E-state index contributed by atoms with van der Waals surface area (Å²) in [5, 5.41) is 23.3. The van der Waals surface area contributed by atoms with E-state index in [1.54, 1.807) is 39.6 Å². The molecule has 0 aliphatic heterocycles. The van der Waals surface area contributed by atoms with Crippen molar-refractivity contribution in [2.45, 2.75) is 13.1 Å². The fourth-order valence-corrected chi connectivity index (χ4v) is 6.83. The number of anilines is 4. The fraction of sp³-hybridized carbons (Fsp3) is 0.0976. The Bertz CT molecular complexity index is 2690. The number of nitrogens with one attached hydrogen (secondary N) is 4. The van der Waals surface area contributed by atoms with Gasteiger partial charge in [0.15, 0.2) is 11.3 Å². The summed E-state index contributed by atoms with van der Waals surface area (Å²) in [4.78, 5) is 21.1. The summed E-state index contributed by atoms with van der Waals surface area (Å²) in [6, 6.07) is 33.2. The Morgan fingerprint density at radius 3 is 1.57 bits per heavy atom. The van der Waals surface area contributed by atoms with E-state index in [1.165, 1.54) is 0 Å². The van der Waals surface area contributed by atoms with Gasteiger partial charge in [-0.25, -0.2) is 14.8 Å². The maximum Gasteiger partial charge on any atom is 0.319 e. The van der Waals surface area contributed by atoms with Gasteiger partial charge in [0.25, 0.3) is 0 Å². The number of rotatable bonds is 11. The highest BCUT2D eigenvalue weighted by Crippen LogP contribution is 2.28. The van der Waals surface area contributed by atoms with E-state index < -0.39 is 0 Å². The zero-order chi connectivity index (χ0) is 40.6. The van der Waals surface area contributed by atoms with Crippen LogP contribution < -0.4 is 27.0 Å². The van der Waals surface area contributed by atoms with Crippen molar-refractivity contribution in [3.8, 4) is 22.5 Å². The molecular weight excluding hydrogens is 840 g/mol. The van der Waals surface area contributed by atoms with Gasteiger partial charge in [-0.1, -0.05) is 82.8 Å². The number of hydrogen-bond donors (Lipinski definition) is 5. The monoisotopic (exact) mass is 871 g/mol. The molecule has 12 nitrogen and oxygen atoms in total. The highest BCUT2D eigenvalue weighted by atomic mass is 35.5. The first-order chi connectivity index (χ1) is 28.1. The van der Waals surface area contributed by atoms with Gasteiger partial charge in [-0.2, -0.15) is 19.2 Å². The van der Waals surface area contributed by atoms with Crippen LogP contribution in [0.2, 0.25) is 20.1 Å². The molecule has 0 atom stereocenters. The lowest BCUT2D eigenvalue weighted by Crippen LogP contribution is -2.30. The van der Waals surface area contributed by atoms with Crippen LogP contribution in [0.25, 0.3) is 33.8 Å². The molecule has 0 saturated carbocycles. The van der Waals surface area contributed by atoms with Crippen molar-refractivity contribution in [3.63, 3.8) is 0 Å². The van der Waals surface area contributed by atoms with Gasteiger partial charge in [0.2, 0.25) is 0 Å². The van der Waals surface area contributed by atoms with Crippen molar-refractivity contribution in [3.05, 3.63) is 153 Å². The van der Waals surface area contributed by atoms with E-state index >= 15 is 0 Å². The fourth-order valence-electron chi connectivity index (χ4n) is 5.79. The molecule has 58 heavy (non-hydrogen) atoms. The number of nitrogens with two attached hydrogens (primary N) is 1. The van der Waals surface area contributed by atoms with Crippen molar-refractivity contribution in [2.75, 3.05) is 34.1 Å². The van der Waals surface area contributed by atoms with Crippen LogP contribution in [0.1, 0.15) is 11.1 Å². The van der Waals surface area contributed by atoms with E-state index in [0.717, 1.165) is 56.6 Å². The topological polar surface area (TPSA) is 152 Å². The zero-order valence-corrected chi connectivity index (χ0v) is 34.2. The number of nitrogen functional groups attached to an aromatic ring is 1. The SMILES string of the molecule is Nc1ccc(-c2cc(NCc3ccc(Cl)cc3Cl)n3nccc3n2)cc1.O=C(NCCCl)Nc1ccc(-c2cc(NCc3ccc(Cl)cc3Cl)n3nccc3n2)cc1. The second-order valence-electron chi connectivity index (χ2n) is 12.7. The minimum atomic E-state index is -0.301. The van der Waals surface area contributed by atoms with Crippen LogP contribution in [0, 0.1) is 0 Å². The number of benzene rings is 4. The number of fused-ring (bicyclic) bond motifs is 2. The molecule has 294 valence electrons. The lowest BCUT2D eigenvalue weighted by atomic mass is 10.1. The number of amides is 2. The van der Waals surface area contributed by atoms with Crippen LogP contribution in [0.15, 0.2) is 122 Å². The van der Waals surface area contributed by atoms with E-state index in [0.29, 0.717) is 56.9 Å². The molecule has 0 spiro atoms. The van der Waals surface area contributed by atoms with Crippen LogP contribution in [0.4, 0.5) is 27.8 Å². The van der Waals surface area contributed by atoms with Gasteiger partial charge in [-0.15, -0.1) is 11.6 Å². The first kappa shape index (κ1) is 40.4. The van der Waals surface area contributed by atoms with Crippen molar-refractivity contribution in [1.82, 2.24) is 34.5 Å². The number of halogens is 5. The highest BCUT2D eigenvalue weighted by Gasteiger charge is 2.12. The van der Waals surface area contributed by atoms with Crippen molar-refractivity contribution in [1.29, 1.82) is 0 Å². The number of nitrogens with zero attached hydrogens (tertiary/aromatic N) is 6. The summed E-state index contributed by atoms with van der Waals surface area (Å²) >= 11 is 30.1. The average Bonchev–Trinajstić information content (AvgIpc) is 3.90. The van der Waals surface area contributed by atoms with E-state index in [-0.39, 0.29) is 6.03 Å².